The summed E-state index contributed by atoms with van der Waals surface area (Å²) in [5.41, 5.74) is 0. The highest BCUT2D eigenvalue weighted by Crippen LogP contribution is 2.38. The van der Waals surface area contributed by atoms with Crippen LogP contribution in [0.3, 0.4) is 0 Å². The smallest absolute Gasteiger partial charge is 0.313 e. The number of tetrazole rings is 1. The fourth-order valence-electron chi connectivity index (χ4n) is 1.70. The summed E-state index contributed by atoms with van der Waals surface area (Å²) in [7, 11) is 0. The van der Waals surface area contributed by atoms with Gasteiger partial charge in [0.15, 0.2) is 0 Å². The van der Waals surface area contributed by atoms with Crippen LogP contribution in [-0.2, 0) is 4.79 Å². The van der Waals surface area contributed by atoms with E-state index in [0.29, 0.717) is 11.2 Å². The van der Waals surface area contributed by atoms with Gasteiger partial charge in [0.25, 0.3) is 0 Å². The van der Waals surface area contributed by atoms with Crippen LogP contribution in [0.15, 0.2) is 5.16 Å². The number of carbonyl (C=O) groups is 1. The van der Waals surface area contributed by atoms with Crippen molar-refractivity contribution in [2.24, 2.45) is 5.92 Å². The predicted octanol–water partition coefficient (Wildman–Crippen LogP) is 0.821. The molecule has 0 unspecified atom stereocenters. The van der Waals surface area contributed by atoms with E-state index in [1.165, 1.54) is 11.8 Å². The third-order valence-corrected chi connectivity index (χ3v) is 3.40. The van der Waals surface area contributed by atoms with Gasteiger partial charge in [-0.05, 0) is 29.2 Å². The number of hydrogen-bond acceptors (Lipinski definition) is 5. The van der Waals surface area contributed by atoms with Gasteiger partial charge in [-0.1, -0.05) is 18.7 Å². The van der Waals surface area contributed by atoms with Crippen molar-refractivity contribution in [3.8, 4) is 0 Å². The lowest BCUT2D eigenvalue weighted by molar-refractivity contribution is -0.133. The van der Waals surface area contributed by atoms with Crippen molar-refractivity contribution in [2.45, 2.75) is 31.0 Å². The fourth-order valence-corrected chi connectivity index (χ4v) is 2.36. The maximum absolute atomic E-state index is 10.4. The Morgan fingerprint density at radius 3 is 3.00 bits per heavy atom. The molecule has 2 rings (SSSR count). The molecule has 0 aliphatic heterocycles. The summed E-state index contributed by atoms with van der Waals surface area (Å²) < 4.78 is 1.74. The van der Waals surface area contributed by atoms with E-state index >= 15 is 0 Å². The van der Waals surface area contributed by atoms with Gasteiger partial charge in [0.05, 0.1) is 11.8 Å². The first-order valence-corrected chi connectivity index (χ1v) is 5.78. The van der Waals surface area contributed by atoms with Gasteiger partial charge in [0.1, 0.15) is 0 Å². The van der Waals surface area contributed by atoms with Gasteiger partial charge in [-0.3, -0.25) is 4.79 Å². The van der Waals surface area contributed by atoms with Crippen molar-refractivity contribution in [2.75, 3.05) is 5.75 Å². The van der Waals surface area contributed by atoms with E-state index in [-0.39, 0.29) is 5.75 Å². The average Bonchev–Trinajstić information content (AvgIpc) is 2.57. The third kappa shape index (κ3) is 2.28. The van der Waals surface area contributed by atoms with Gasteiger partial charge >= 0.3 is 5.97 Å². The monoisotopic (exact) mass is 228 g/mol. The predicted molar refractivity (Wildman–Crippen MR) is 53.6 cm³/mol. The highest BCUT2D eigenvalue weighted by Gasteiger charge is 2.30. The van der Waals surface area contributed by atoms with E-state index in [9.17, 15) is 4.79 Å². The molecule has 1 saturated carbocycles. The zero-order valence-corrected chi connectivity index (χ0v) is 9.15. The number of carboxylic acids is 1. The van der Waals surface area contributed by atoms with Crippen molar-refractivity contribution in [3.63, 3.8) is 0 Å². The second-order valence-corrected chi connectivity index (χ2v) is 4.76. The maximum Gasteiger partial charge on any atom is 0.313 e. The number of carboxylic acid groups (broad SMARTS) is 1. The van der Waals surface area contributed by atoms with Crippen LogP contribution >= 0.6 is 11.8 Å². The van der Waals surface area contributed by atoms with E-state index in [4.69, 9.17) is 5.11 Å². The molecule has 6 nitrogen and oxygen atoms in total. The van der Waals surface area contributed by atoms with Crippen LogP contribution in [0.1, 0.15) is 25.8 Å². The lowest BCUT2D eigenvalue weighted by Crippen LogP contribution is -2.26. The molecule has 1 N–H and O–H groups in total. The third-order valence-electron chi connectivity index (χ3n) is 2.48. The summed E-state index contributed by atoms with van der Waals surface area (Å²) >= 11 is 1.17. The Labute approximate surface area is 91.0 Å². The molecule has 1 aromatic rings. The summed E-state index contributed by atoms with van der Waals surface area (Å²) in [4.78, 5) is 10.4. The second kappa shape index (κ2) is 4.18. The molecule has 7 heteroatoms. The Hall–Kier alpha value is -1.11. The first-order chi connectivity index (χ1) is 7.16. The van der Waals surface area contributed by atoms with Crippen molar-refractivity contribution in [3.05, 3.63) is 0 Å². The molecule has 0 atom stereocenters. The molecule has 0 aromatic carbocycles. The molecular weight excluding hydrogens is 216 g/mol. The molecule has 1 heterocycles. The van der Waals surface area contributed by atoms with E-state index in [0.717, 1.165) is 18.8 Å². The Morgan fingerprint density at radius 1 is 1.67 bits per heavy atom. The molecule has 0 spiro atoms. The SMILES string of the molecule is CC1CC(n2nnnc2SCC(=O)O)C1. The van der Waals surface area contributed by atoms with Gasteiger partial charge in [0, 0.05) is 0 Å². The summed E-state index contributed by atoms with van der Waals surface area (Å²) in [6.07, 6.45) is 2.15. The molecule has 1 aliphatic carbocycles. The number of nitrogens with zero attached hydrogens (tertiary/aromatic N) is 4. The maximum atomic E-state index is 10.4. The lowest BCUT2D eigenvalue weighted by atomic mass is 9.82. The summed E-state index contributed by atoms with van der Waals surface area (Å²) in [5.74, 6) is -0.129. The Morgan fingerprint density at radius 2 is 2.40 bits per heavy atom. The summed E-state index contributed by atoms with van der Waals surface area (Å²) in [5, 5.41) is 20.4. The molecule has 0 radical (unpaired) electrons. The molecule has 0 bridgehead atoms. The van der Waals surface area contributed by atoms with Crippen LogP contribution in [0, 0.1) is 5.92 Å². The molecular formula is C8H12N4O2S. The number of hydrogen-bond donors (Lipinski definition) is 1. The zero-order valence-electron chi connectivity index (χ0n) is 8.33. The molecule has 0 saturated heterocycles. The molecule has 1 fully saturated rings. The molecule has 15 heavy (non-hydrogen) atoms. The quantitative estimate of drug-likeness (QED) is 0.768. The van der Waals surface area contributed by atoms with Gasteiger partial charge in [-0.2, -0.15) is 0 Å². The first-order valence-electron chi connectivity index (χ1n) is 4.79. The Bertz CT molecular complexity index is 361. The molecule has 1 aliphatic rings. The number of aromatic nitrogens is 4. The van der Waals surface area contributed by atoms with Crippen molar-refractivity contribution < 1.29 is 9.90 Å². The van der Waals surface area contributed by atoms with Crippen molar-refractivity contribution in [1.29, 1.82) is 0 Å². The van der Waals surface area contributed by atoms with Gasteiger partial charge < -0.3 is 5.11 Å². The highest BCUT2D eigenvalue weighted by atomic mass is 32.2. The van der Waals surface area contributed by atoms with E-state index in [1.807, 2.05) is 0 Å². The van der Waals surface area contributed by atoms with Crippen LogP contribution in [-0.4, -0.2) is 37.0 Å². The summed E-state index contributed by atoms with van der Waals surface area (Å²) in [6, 6.07) is 0.353. The van der Waals surface area contributed by atoms with Crippen LogP contribution < -0.4 is 0 Å². The zero-order chi connectivity index (χ0) is 10.8. The number of thioether (sulfide) groups is 1. The first kappa shape index (κ1) is 10.4. The number of rotatable bonds is 4. The van der Waals surface area contributed by atoms with E-state index in [2.05, 4.69) is 22.4 Å². The van der Waals surface area contributed by atoms with Gasteiger partial charge in [-0.25, -0.2) is 4.68 Å². The minimum absolute atomic E-state index is 0.00263. The Balaban J connectivity index is 1.99. The Kier molecular flexibility index (Phi) is 2.90. The normalized spacial score (nSPS) is 24.9. The van der Waals surface area contributed by atoms with Crippen molar-refractivity contribution >= 4 is 17.7 Å². The van der Waals surface area contributed by atoms with Gasteiger partial charge in [0.2, 0.25) is 5.16 Å². The molecule has 1 aromatic heterocycles. The number of aliphatic carboxylic acids is 1. The van der Waals surface area contributed by atoms with Crippen LogP contribution in [0.4, 0.5) is 0 Å². The van der Waals surface area contributed by atoms with E-state index in [1.54, 1.807) is 4.68 Å². The van der Waals surface area contributed by atoms with Crippen LogP contribution in [0.5, 0.6) is 0 Å². The summed E-state index contributed by atoms with van der Waals surface area (Å²) in [6.45, 7) is 2.19. The van der Waals surface area contributed by atoms with Gasteiger partial charge in [-0.15, -0.1) is 5.10 Å². The second-order valence-electron chi connectivity index (χ2n) is 3.82. The van der Waals surface area contributed by atoms with Crippen LogP contribution in [0.2, 0.25) is 0 Å². The minimum Gasteiger partial charge on any atom is -0.481 e. The lowest BCUT2D eigenvalue weighted by Gasteiger charge is -2.32. The fraction of sp³-hybridized carbons (Fsp3) is 0.750. The largest absolute Gasteiger partial charge is 0.481 e. The topological polar surface area (TPSA) is 80.9 Å². The molecule has 82 valence electrons. The van der Waals surface area contributed by atoms with E-state index < -0.39 is 5.97 Å². The minimum atomic E-state index is -0.850. The van der Waals surface area contributed by atoms with Crippen LogP contribution in [0.25, 0.3) is 0 Å². The highest BCUT2D eigenvalue weighted by molar-refractivity contribution is 7.99. The molecule has 0 amide bonds. The van der Waals surface area contributed by atoms with Crippen molar-refractivity contribution in [1.82, 2.24) is 20.2 Å². The average molecular weight is 228 g/mol. The standard InChI is InChI=1S/C8H12N4O2S/c1-5-2-6(3-5)12-8(9-10-11-12)15-4-7(13)14/h5-6H,2-4H2,1H3,(H,13,14).